The van der Waals surface area contributed by atoms with E-state index in [1.807, 2.05) is 12.1 Å². The highest BCUT2D eigenvalue weighted by molar-refractivity contribution is 7.90. The summed E-state index contributed by atoms with van der Waals surface area (Å²) >= 11 is 6.73. The number of aromatic nitrogens is 5. The number of benzene rings is 1. The Bertz CT molecular complexity index is 1450. The molecule has 0 aliphatic carbocycles. The summed E-state index contributed by atoms with van der Waals surface area (Å²) in [5.74, 6) is 0.541. The predicted molar refractivity (Wildman–Crippen MR) is 135 cm³/mol. The third-order valence-corrected chi connectivity index (χ3v) is 8.04. The first-order valence-corrected chi connectivity index (χ1v) is 13.9. The Hall–Kier alpha value is -2.78. The molecule has 1 unspecified atom stereocenters. The van der Waals surface area contributed by atoms with Crippen LogP contribution in [0.3, 0.4) is 0 Å². The molecule has 1 fully saturated rings. The molecule has 1 aliphatic heterocycles. The first-order valence-electron chi connectivity index (χ1n) is 11.4. The molecule has 1 saturated heterocycles. The predicted octanol–water partition coefficient (Wildman–Crippen LogP) is 4.16. The van der Waals surface area contributed by atoms with E-state index in [-0.39, 0.29) is 17.6 Å². The number of halogens is 1. The van der Waals surface area contributed by atoms with E-state index < -0.39 is 9.84 Å². The summed E-state index contributed by atoms with van der Waals surface area (Å²) in [6.45, 7) is 3.74. The largest absolute Gasteiger partial charge is 0.370 e. The van der Waals surface area contributed by atoms with Gasteiger partial charge in [-0.2, -0.15) is 0 Å². The van der Waals surface area contributed by atoms with Gasteiger partial charge >= 0.3 is 0 Å². The number of anilines is 1. The number of nitrogens with zero attached hydrogens (tertiary/aromatic N) is 5. The van der Waals surface area contributed by atoms with E-state index in [1.165, 1.54) is 6.26 Å². The zero-order valence-corrected chi connectivity index (χ0v) is 20.8. The van der Waals surface area contributed by atoms with Gasteiger partial charge in [0.25, 0.3) is 0 Å². The highest BCUT2D eigenvalue weighted by atomic mass is 35.5. The third-order valence-electron chi connectivity index (χ3n) is 6.65. The number of hydrogen-bond acceptors (Lipinski definition) is 7. The number of fused-ring (bicyclic) bond motifs is 2. The number of imidazole rings is 1. The van der Waals surface area contributed by atoms with Crippen molar-refractivity contribution in [2.45, 2.75) is 32.1 Å². The number of nitrogens with one attached hydrogen (secondary N) is 1. The number of H-pyrrole nitrogens is 1. The van der Waals surface area contributed by atoms with E-state index in [2.05, 4.69) is 37.8 Å². The Labute approximate surface area is 203 Å². The van der Waals surface area contributed by atoms with E-state index >= 15 is 0 Å². The van der Waals surface area contributed by atoms with Crippen LogP contribution in [-0.2, 0) is 16.3 Å². The fourth-order valence-corrected chi connectivity index (χ4v) is 6.50. The smallest absolute Gasteiger partial charge is 0.180 e. The molecule has 178 valence electrons. The van der Waals surface area contributed by atoms with Crippen LogP contribution in [0.25, 0.3) is 22.1 Å². The molecule has 1 N–H and O–H groups in total. The lowest BCUT2D eigenvalue weighted by molar-refractivity contribution is 0.436. The molecule has 4 heterocycles. The van der Waals surface area contributed by atoms with Crippen LogP contribution >= 0.6 is 11.6 Å². The second kappa shape index (κ2) is 9.11. The SMILES string of the molecule is CC(Cc1ncnc2nc[nH]c12)c1cc(Cl)c2cccnc2c1N1CCC(CS(C)(=O)=O)CC1. The molecule has 1 aromatic carbocycles. The lowest BCUT2D eigenvalue weighted by atomic mass is 9.90. The van der Waals surface area contributed by atoms with Crippen LogP contribution in [0.2, 0.25) is 5.02 Å². The third kappa shape index (κ3) is 4.59. The average Bonchev–Trinajstić information content (AvgIpc) is 3.29. The van der Waals surface area contributed by atoms with Gasteiger partial charge in [-0.05, 0) is 54.9 Å². The molecule has 4 aromatic rings. The standard InChI is InChI=1S/C24H27ClN6O2S/c1-15(10-20-22-24(29-13-27-20)30-14-28-22)18-11-19(25)17-4-3-7-26-21(17)23(18)31-8-5-16(6-9-31)12-34(2,32)33/h3-4,7,11,13-16H,5-6,8-10,12H2,1-2H3,(H,27,28,29,30). The van der Waals surface area contributed by atoms with Gasteiger partial charge in [0, 0.05) is 30.9 Å². The minimum absolute atomic E-state index is 0.106. The van der Waals surface area contributed by atoms with Gasteiger partial charge in [-0.15, -0.1) is 0 Å². The molecule has 10 heteroatoms. The van der Waals surface area contributed by atoms with E-state index in [1.54, 1.807) is 18.9 Å². The maximum atomic E-state index is 11.8. The summed E-state index contributed by atoms with van der Waals surface area (Å²) < 4.78 is 23.6. The number of pyridine rings is 1. The van der Waals surface area contributed by atoms with Crippen molar-refractivity contribution in [3.05, 3.63) is 53.3 Å². The maximum absolute atomic E-state index is 11.8. The highest BCUT2D eigenvalue weighted by Gasteiger charge is 2.27. The Balaban J connectivity index is 1.52. The molecule has 0 saturated carbocycles. The normalized spacial score (nSPS) is 16.4. The number of hydrogen-bond donors (Lipinski definition) is 1. The molecule has 0 bridgehead atoms. The molecular weight excluding hydrogens is 472 g/mol. The van der Waals surface area contributed by atoms with Gasteiger partial charge < -0.3 is 9.88 Å². The summed E-state index contributed by atoms with van der Waals surface area (Å²) in [5, 5.41) is 1.60. The van der Waals surface area contributed by atoms with Crippen molar-refractivity contribution in [2.24, 2.45) is 5.92 Å². The van der Waals surface area contributed by atoms with Gasteiger partial charge in [0.2, 0.25) is 0 Å². The summed E-state index contributed by atoms with van der Waals surface area (Å²) in [6.07, 6.45) is 8.65. The Morgan fingerprint density at radius 3 is 2.76 bits per heavy atom. The molecule has 1 atom stereocenters. The Kier molecular flexibility index (Phi) is 6.16. The van der Waals surface area contributed by atoms with Gasteiger partial charge in [-0.3, -0.25) is 4.98 Å². The van der Waals surface area contributed by atoms with E-state index in [0.717, 1.165) is 59.3 Å². The summed E-state index contributed by atoms with van der Waals surface area (Å²) in [5.41, 5.74) is 5.49. The highest BCUT2D eigenvalue weighted by Crippen LogP contribution is 2.40. The number of aromatic amines is 1. The summed E-state index contributed by atoms with van der Waals surface area (Å²) in [7, 11) is -2.98. The minimum Gasteiger partial charge on any atom is -0.370 e. The average molecular weight is 499 g/mol. The molecule has 8 nitrogen and oxygen atoms in total. The van der Waals surface area contributed by atoms with Gasteiger partial charge in [0.15, 0.2) is 5.65 Å². The molecule has 5 rings (SSSR count). The first-order chi connectivity index (χ1) is 16.3. The van der Waals surface area contributed by atoms with Crippen LogP contribution in [0.5, 0.6) is 0 Å². The van der Waals surface area contributed by atoms with Gasteiger partial charge in [-0.25, -0.2) is 23.4 Å². The van der Waals surface area contributed by atoms with Crippen molar-refractivity contribution in [1.82, 2.24) is 24.9 Å². The van der Waals surface area contributed by atoms with E-state index in [9.17, 15) is 8.42 Å². The monoisotopic (exact) mass is 498 g/mol. The lowest BCUT2D eigenvalue weighted by Gasteiger charge is -2.36. The van der Waals surface area contributed by atoms with Gasteiger partial charge in [0.1, 0.15) is 21.7 Å². The molecule has 0 amide bonds. The van der Waals surface area contributed by atoms with Crippen molar-refractivity contribution >= 4 is 49.2 Å². The Morgan fingerprint density at radius 2 is 2.00 bits per heavy atom. The van der Waals surface area contributed by atoms with Crippen LogP contribution in [-0.4, -0.2) is 58.4 Å². The van der Waals surface area contributed by atoms with Crippen LogP contribution < -0.4 is 4.90 Å². The first kappa shape index (κ1) is 23.0. The van der Waals surface area contributed by atoms with Crippen molar-refractivity contribution in [1.29, 1.82) is 0 Å². The summed E-state index contributed by atoms with van der Waals surface area (Å²) in [6, 6.07) is 5.95. The maximum Gasteiger partial charge on any atom is 0.180 e. The second-order valence-corrected chi connectivity index (χ2v) is 11.8. The van der Waals surface area contributed by atoms with Crippen LogP contribution in [0.1, 0.15) is 36.9 Å². The van der Waals surface area contributed by atoms with E-state index in [4.69, 9.17) is 16.6 Å². The van der Waals surface area contributed by atoms with Crippen LogP contribution in [0.15, 0.2) is 37.1 Å². The van der Waals surface area contributed by atoms with Gasteiger partial charge in [-0.1, -0.05) is 18.5 Å². The fourth-order valence-electron chi connectivity index (χ4n) is 5.04. The fraction of sp³-hybridized carbons (Fsp3) is 0.417. The number of piperidine rings is 1. The van der Waals surface area contributed by atoms with Crippen LogP contribution in [0.4, 0.5) is 5.69 Å². The second-order valence-electron chi connectivity index (χ2n) is 9.25. The van der Waals surface area contributed by atoms with Crippen molar-refractivity contribution in [3.8, 4) is 0 Å². The van der Waals surface area contributed by atoms with Crippen LogP contribution in [0, 0.1) is 5.92 Å². The molecule has 0 spiro atoms. The molecule has 1 aliphatic rings. The zero-order valence-electron chi connectivity index (χ0n) is 19.2. The lowest BCUT2D eigenvalue weighted by Crippen LogP contribution is -2.36. The molecule has 0 radical (unpaired) electrons. The van der Waals surface area contributed by atoms with Gasteiger partial charge in [0.05, 0.1) is 34.0 Å². The quantitative estimate of drug-likeness (QED) is 0.425. The number of sulfone groups is 1. The van der Waals surface area contributed by atoms with Crippen molar-refractivity contribution in [3.63, 3.8) is 0 Å². The molecule has 3 aromatic heterocycles. The topological polar surface area (TPSA) is 105 Å². The summed E-state index contributed by atoms with van der Waals surface area (Å²) in [4.78, 5) is 23.2. The minimum atomic E-state index is -2.98. The molecular formula is C24H27ClN6O2S. The zero-order chi connectivity index (χ0) is 23.9. The van der Waals surface area contributed by atoms with Crippen molar-refractivity contribution in [2.75, 3.05) is 30.0 Å². The molecule has 34 heavy (non-hydrogen) atoms. The van der Waals surface area contributed by atoms with Crippen molar-refractivity contribution < 1.29 is 8.42 Å². The number of rotatable bonds is 6. The Morgan fingerprint density at radius 1 is 1.21 bits per heavy atom. The van der Waals surface area contributed by atoms with E-state index in [0.29, 0.717) is 17.1 Å².